The molecule has 0 bridgehead atoms. The number of anilines is 1. The summed E-state index contributed by atoms with van der Waals surface area (Å²) in [7, 11) is 0. The molecule has 0 fully saturated rings. The van der Waals surface area contributed by atoms with Gasteiger partial charge in [0.05, 0.1) is 12.6 Å². The largest absolute Gasteiger partial charge is 0.394 e. The number of hydrogen-bond donors (Lipinski definition) is 3. The molecule has 0 saturated carbocycles. The lowest BCUT2D eigenvalue weighted by Gasteiger charge is -2.14. The fourth-order valence-corrected chi connectivity index (χ4v) is 1.72. The van der Waals surface area contributed by atoms with Crippen molar-refractivity contribution in [3.8, 4) is 0 Å². The van der Waals surface area contributed by atoms with Gasteiger partial charge in [-0.25, -0.2) is 9.18 Å². The number of amides is 2. The maximum Gasteiger partial charge on any atom is 0.319 e. The van der Waals surface area contributed by atoms with E-state index in [2.05, 4.69) is 26.6 Å². The minimum absolute atomic E-state index is 0.128. The van der Waals surface area contributed by atoms with Crippen LogP contribution in [0.2, 0.25) is 0 Å². The van der Waals surface area contributed by atoms with Crippen molar-refractivity contribution >= 4 is 27.6 Å². The van der Waals surface area contributed by atoms with Crippen LogP contribution < -0.4 is 10.6 Å². The third kappa shape index (κ3) is 4.70. The van der Waals surface area contributed by atoms with E-state index in [1.165, 1.54) is 12.1 Å². The highest BCUT2D eigenvalue weighted by Gasteiger charge is 2.09. The van der Waals surface area contributed by atoms with Crippen LogP contribution in [0.3, 0.4) is 0 Å². The minimum atomic E-state index is -0.469. The summed E-state index contributed by atoms with van der Waals surface area (Å²) in [5.74, 6) is -0.441. The zero-order chi connectivity index (χ0) is 12.8. The highest BCUT2D eigenvalue weighted by Crippen LogP contribution is 2.18. The van der Waals surface area contributed by atoms with Gasteiger partial charge in [-0.2, -0.15) is 0 Å². The number of halogens is 2. The predicted octanol–water partition coefficient (Wildman–Crippen LogP) is 2.48. The number of aliphatic hydroxyl groups excluding tert-OH is 1. The fraction of sp³-hybridized carbons (Fsp3) is 0.364. The second kappa shape index (κ2) is 6.56. The molecule has 0 aliphatic rings. The van der Waals surface area contributed by atoms with Crippen LogP contribution in [0.4, 0.5) is 14.9 Å². The van der Waals surface area contributed by atoms with Crippen LogP contribution in [0.25, 0.3) is 0 Å². The van der Waals surface area contributed by atoms with E-state index in [0.29, 0.717) is 16.6 Å². The van der Waals surface area contributed by atoms with E-state index >= 15 is 0 Å². The summed E-state index contributed by atoms with van der Waals surface area (Å²) in [6.45, 7) is 1.72. The summed E-state index contributed by atoms with van der Waals surface area (Å²) in [6.07, 6.45) is 0.622. The Kier molecular flexibility index (Phi) is 5.37. The van der Waals surface area contributed by atoms with Gasteiger partial charge in [0.2, 0.25) is 0 Å². The number of benzene rings is 1. The van der Waals surface area contributed by atoms with Gasteiger partial charge in [0.25, 0.3) is 0 Å². The molecule has 0 spiro atoms. The molecular formula is C11H14BrFN2O2. The molecule has 2 amide bonds. The Morgan fingerprint density at radius 3 is 2.76 bits per heavy atom. The average Bonchev–Trinajstić information content (AvgIpc) is 2.24. The van der Waals surface area contributed by atoms with E-state index in [9.17, 15) is 9.18 Å². The molecule has 0 saturated heterocycles. The molecule has 1 rings (SSSR count). The van der Waals surface area contributed by atoms with E-state index in [-0.39, 0.29) is 12.6 Å². The monoisotopic (exact) mass is 304 g/mol. The van der Waals surface area contributed by atoms with Gasteiger partial charge in [-0.3, -0.25) is 0 Å². The second-order valence-corrected chi connectivity index (χ2v) is 4.46. The molecular weight excluding hydrogens is 291 g/mol. The van der Waals surface area contributed by atoms with Gasteiger partial charge in [-0.05, 0) is 24.6 Å². The van der Waals surface area contributed by atoms with Crippen molar-refractivity contribution < 1.29 is 14.3 Å². The summed E-state index contributed by atoms with van der Waals surface area (Å²) < 4.78 is 13.6. The number of urea groups is 1. The molecule has 94 valence electrons. The zero-order valence-corrected chi connectivity index (χ0v) is 10.9. The quantitative estimate of drug-likeness (QED) is 0.800. The predicted molar refractivity (Wildman–Crippen MR) is 67.4 cm³/mol. The standard InChI is InChI=1S/C11H14BrFN2O2/c1-2-9(6-16)14-11(17)15-10-4-7(12)3-8(13)5-10/h3-5,9,16H,2,6H2,1H3,(H2,14,15,17). The first kappa shape index (κ1) is 13.9. The number of rotatable bonds is 4. The Morgan fingerprint density at radius 2 is 2.24 bits per heavy atom. The Morgan fingerprint density at radius 1 is 1.53 bits per heavy atom. The maximum atomic E-state index is 13.0. The van der Waals surface area contributed by atoms with E-state index < -0.39 is 11.8 Å². The Hall–Kier alpha value is -1.14. The van der Waals surface area contributed by atoms with Crippen LogP contribution >= 0.6 is 15.9 Å². The van der Waals surface area contributed by atoms with Crippen LogP contribution in [0, 0.1) is 5.82 Å². The molecule has 1 aromatic carbocycles. The Bertz CT molecular complexity index is 377. The van der Waals surface area contributed by atoms with Crippen LogP contribution in [0.1, 0.15) is 13.3 Å². The molecule has 6 heteroatoms. The van der Waals surface area contributed by atoms with E-state index in [4.69, 9.17) is 5.11 Å². The maximum absolute atomic E-state index is 13.0. The van der Waals surface area contributed by atoms with Crippen molar-refractivity contribution in [3.05, 3.63) is 28.5 Å². The fourth-order valence-electron chi connectivity index (χ4n) is 1.26. The zero-order valence-electron chi connectivity index (χ0n) is 9.34. The van der Waals surface area contributed by atoms with Gasteiger partial charge in [0, 0.05) is 10.2 Å². The first-order valence-corrected chi connectivity index (χ1v) is 5.99. The lowest BCUT2D eigenvalue weighted by atomic mass is 10.2. The van der Waals surface area contributed by atoms with Crippen molar-refractivity contribution in [1.29, 1.82) is 0 Å². The number of aliphatic hydroxyl groups is 1. The third-order valence-electron chi connectivity index (χ3n) is 2.17. The van der Waals surface area contributed by atoms with Crippen LogP contribution in [0.5, 0.6) is 0 Å². The lowest BCUT2D eigenvalue weighted by molar-refractivity contribution is 0.222. The molecule has 1 aromatic rings. The molecule has 4 nitrogen and oxygen atoms in total. The number of nitrogens with one attached hydrogen (secondary N) is 2. The highest BCUT2D eigenvalue weighted by molar-refractivity contribution is 9.10. The first-order chi connectivity index (χ1) is 8.05. The molecule has 0 radical (unpaired) electrons. The summed E-state index contributed by atoms with van der Waals surface area (Å²) in [5, 5.41) is 14.0. The number of hydrogen-bond acceptors (Lipinski definition) is 2. The average molecular weight is 305 g/mol. The summed E-state index contributed by atoms with van der Waals surface area (Å²) in [6, 6.07) is 3.33. The third-order valence-corrected chi connectivity index (χ3v) is 2.63. The highest BCUT2D eigenvalue weighted by atomic mass is 79.9. The SMILES string of the molecule is CCC(CO)NC(=O)Nc1cc(F)cc(Br)c1. The van der Waals surface area contributed by atoms with Gasteiger partial charge < -0.3 is 15.7 Å². The van der Waals surface area contributed by atoms with Gasteiger partial charge in [-0.15, -0.1) is 0 Å². The number of carbonyl (C=O) groups excluding carboxylic acids is 1. The van der Waals surface area contributed by atoms with E-state index in [0.717, 1.165) is 0 Å². The van der Waals surface area contributed by atoms with Crippen LogP contribution in [0.15, 0.2) is 22.7 Å². The summed E-state index contributed by atoms with van der Waals surface area (Å²) >= 11 is 3.13. The molecule has 3 N–H and O–H groups in total. The van der Waals surface area contributed by atoms with Gasteiger partial charge in [0.15, 0.2) is 0 Å². The van der Waals surface area contributed by atoms with Crippen LogP contribution in [-0.4, -0.2) is 23.8 Å². The first-order valence-electron chi connectivity index (χ1n) is 5.19. The van der Waals surface area contributed by atoms with Gasteiger partial charge in [0.1, 0.15) is 5.82 Å². The smallest absolute Gasteiger partial charge is 0.319 e. The van der Waals surface area contributed by atoms with Gasteiger partial charge in [-0.1, -0.05) is 22.9 Å². The minimum Gasteiger partial charge on any atom is -0.394 e. The normalized spacial score (nSPS) is 12.0. The van der Waals surface area contributed by atoms with Crippen molar-refractivity contribution in [2.75, 3.05) is 11.9 Å². The summed E-state index contributed by atoms with van der Waals surface area (Å²) in [5.41, 5.74) is 0.349. The lowest BCUT2D eigenvalue weighted by Crippen LogP contribution is -2.39. The molecule has 0 heterocycles. The topological polar surface area (TPSA) is 61.4 Å². The Labute approximate surface area is 107 Å². The molecule has 0 aromatic heterocycles. The van der Waals surface area contributed by atoms with Crippen LogP contribution in [-0.2, 0) is 0 Å². The molecule has 1 unspecified atom stereocenters. The summed E-state index contributed by atoms with van der Waals surface area (Å²) in [4.78, 5) is 11.5. The van der Waals surface area contributed by atoms with E-state index in [1.807, 2.05) is 6.92 Å². The van der Waals surface area contributed by atoms with Crippen molar-refractivity contribution in [1.82, 2.24) is 5.32 Å². The van der Waals surface area contributed by atoms with Gasteiger partial charge >= 0.3 is 6.03 Å². The molecule has 0 aliphatic heterocycles. The van der Waals surface area contributed by atoms with Crippen molar-refractivity contribution in [3.63, 3.8) is 0 Å². The molecule has 17 heavy (non-hydrogen) atoms. The Balaban J connectivity index is 2.61. The van der Waals surface area contributed by atoms with E-state index in [1.54, 1.807) is 6.07 Å². The second-order valence-electron chi connectivity index (χ2n) is 3.54. The van der Waals surface area contributed by atoms with Crippen molar-refractivity contribution in [2.24, 2.45) is 0 Å². The molecule has 1 atom stereocenters. The molecule has 0 aliphatic carbocycles. The van der Waals surface area contributed by atoms with Crippen molar-refractivity contribution in [2.45, 2.75) is 19.4 Å². The number of carbonyl (C=O) groups is 1.